The summed E-state index contributed by atoms with van der Waals surface area (Å²) in [5, 5.41) is 9.75. The quantitative estimate of drug-likeness (QED) is 0.731. The van der Waals surface area contributed by atoms with Gasteiger partial charge in [-0.2, -0.15) is 0 Å². The van der Waals surface area contributed by atoms with Crippen LogP contribution in [-0.4, -0.2) is 24.8 Å². The lowest BCUT2D eigenvalue weighted by Gasteiger charge is -2.34. The summed E-state index contributed by atoms with van der Waals surface area (Å²) in [6.07, 6.45) is 4.89. The van der Waals surface area contributed by atoms with E-state index in [0.717, 1.165) is 30.8 Å². The molecule has 0 heterocycles. The van der Waals surface area contributed by atoms with E-state index in [-0.39, 0.29) is 11.8 Å². The minimum atomic E-state index is -0.698. The van der Waals surface area contributed by atoms with Gasteiger partial charge in [0.15, 0.2) is 0 Å². The van der Waals surface area contributed by atoms with E-state index in [4.69, 9.17) is 9.47 Å². The summed E-state index contributed by atoms with van der Waals surface area (Å²) >= 11 is 0. The highest BCUT2D eigenvalue weighted by atomic mass is 16.5. The first-order chi connectivity index (χ1) is 11.0. The number of carboxylic acids is 1. The van der Waals surface area contributed by atoms with Crippen LogP contribution in [0.2, 0.25) is 0 Å². The highest BCUT2D eigenvalue weighted by Gasteiger charge is 2.50. The SMILES string of the molecule is C=CC[C@@]1(C(=O)O)CCC[C@@H]1[C@@H](C)COc1ccc(OC)cc1. The fourth-order valence-corrected chi connectivity index (χ4v) is 3.81. The van der Waals surface area contributed by atoms with Gasteiger partial charge >= 0.3 is 5.97 Å². The smallest absolute Gasteiger partial charge is 0.310 e. The second-order valence-electron chi connectivity index (χ2n) is 6.42. The predicted octanol–water partition coefficient (Wildman–Crippen LogP) is 4.16. The van der Waals surface area contributed by atoms with E-state index in [2.05, 4.69) is 13.5 Å². The Balaban J connectivity index is 2.02. The molecular weight excluding hydrogens is 292 g/mol. The van der Waals surface area contributed by atoms with Crippen LogP contribution in [-0.2, 0) is 4.79 Å². The summed E-state index contributed by atoms with van der Waals surface area (Å²) in [5.74, 6) is 1.17. The van der Waals surface area contributed by atoms with E-state index < -0.39 is 11.4 Å². The minimum absolute atomic E-state index is 0.122. The molecule has 0 spiro atoms. The topological polar surface area (TPSA) is 55.8 Å². The number of hydrogen-bond acceptors (Lipinski definition) is 3. The molecule has 126 valence electrons. The van der Waals surface area contributed by atoms with Crippen LogP contribution in [0.1, 0.15) is 32.6 Å². The first kappa shape index (κ1) is 17.4. The lowest BCUT2D eigenvalue weighted by Crippen LogP contribution is -2.39. The Bertz CT molecular complexity index is 537. The first-order valence-corrected chi connectivity index (χ1v) is 8.14. The molecule has 1 aromatic carbocycles. The molecule has 1 aliphatic rings. The predicted molar refractivity (Wildman–Crippen MR) is 89.9 cm³/mol. The second kappa shape index (κ2) is 7.53. The van der Waals surface area contributed by atoms with E-state index in [0.29, 0.717) is 13.0 Å². The third kappa shape index (κ3) is 3.69. The minimum Gasteiger partial charge on any atom is -0.497 e. The molecular formula is C19H26O4. The lowest BCUT2D eigenvalue weighted by atomic mass is 9.70. The van der Waals surface area contributed by atoms with Crippen LogP contribution in [0.3, 0.4) is 0 Å². The van der Waals surface area contributed by atoms with Crippen LogP contribution in [0.4, 0.5) is 0 Å². The number of rotatable bonds is 8. The molecule has 0 saturated heterocycles. The van der Waals surface area contributed by atoms with Crippen molar-refractivity contribution in [3.05, 3.63) is 36.9 Å². The number of aliphatic carboxylic acids is 1. The Morgan fingerprint density at radius 1 is 1.43 bits per heavy atom. The van der Waals surface area contributed by atoms with Crippen molar-refractivity contribution in [3.8, 4) is 11.5 Å². The van der Waals surface area contributed by atoms with Gasteiger partial charge in [-0.05, 0) is 55.4 Å². The van der Waals surface area contributed by atoms with Gasteiger partial charge < -0.3 is 14.6 Å². The summed E-state index contributed by atoms with van der Waals surface area (Å²) < 4.78 is 11.0. The summed E-state index contributed by atoms with van der Waals surface area (Å²) in [5.41, 5.74) is -0.676. The van der Waals surface area contributed by atoms with Crippen LogP contribution in [0, 0.1) is 17.3 Å². The van der Waals surface area contributed by atoms with Gasteiger partial charge in [0.1, 0.15) is 11.5 Å². The van der Waals surface area contributed by atoms with Crippen molar-refractivity contribution in [2.75, 3.05) is 13.7 Å². The number of allylic oxidation sites excluding steroid dienone is 1. The average molecular weight is 318 g/mol. The Morgan fingerprint density at radius 2 is 2.09 bits per heavy atom. The number of benzene rings is 1. The van der Waals surface area contributed by atoms with Crippen LogP contribution < -0.4 is 9.47 Å². The van der Waals surface area contributed by atoms with Gasteiger partial charge in [-0.15, -0.1) is 6.58 Å². The molecule has 0 radical (unpaired) electrons. The largest absolute Gasteiger partial charge is 0.497 e. The molecule has 1 saturated carbocycles. The number of carbonyl (C=O) groups is 1. The number of hydrogen-bond donors (Lipinski definition) is 1. The van der Waals surface area contributed by atoms with Gasteiger partial charge in [0.05, 0.1) is 19.1 Å². The number of carboxylic acid groups (broad SMARTS) is 1. The summed E-state index contributed by atoms with van der Waals surface area (Å²) in [6, 6.07) is 7.45. The second-order valence-corrected chi connectivity index (χ2v) is 6.42. The van der Waals surface area contributed by atoms with Gasteiger partial charge in [0, 0.05) is 0 Å². The molecule has 1 fully saturated rings. The molecule has 1 aromatic rings. The van der Waals surface area contributed by atoms with E-state index in [9.17, 15) is 9.90 Å². The zero-order chi connectivity index (χ0) is 16.9. The third-order valence-electron chi connectivity index (χ3n) is 5.04. The zero-order valence-electron chi connectivity index (χ0n) is 14.0. The summed E-state index contributed by atoms with van der Waals surface area (Å²) in [4.78, 5) is 11.9. The maximum absolute atomic E-state index is 11.9. The maximum atomic E-state index is 11.9. The van der Waals surface area contributed by atoms with Crippen molar-refractivity contribution in [3.63, 3.8) is 0 Å². The van der Waals surface area contributed by atoms with E-state index in [1.807, 2.05) is 24.3 Å². The van der Waals surface area contributed by atoms with Crippen LogP contribution in [0.5, 0.6) is 11.5 Å². The summed E-state index contributed by atoms with van der Waals surface area (Å²) in [6.45, 7) is 6.35. The van der Waals surface area contributed by atoms with Crippen LogP contribution in [0.25, 0.3) is 0 Å². The standard InChI is InChI=1S/C19H26O4/c1-4-11-19(18(20)21)12-5-6-17(19)14(2)13-23-16-9-7-15(22-3)8-10-16/h4,7-10,14,17H,1,5-6,11-13H2,2-3H3,(H,20,21)/t14-,17+,19+/m0/s1. The summed E-state index contributed by atoms with van der Waals surface area (Å²) in [7, 11) is 1.63. The molecule has 0 bridgehead atoms. The Kier molecular flexibility index (Phi) is 5.69. The van der Waals surface area contributed by atoms with Crippen molar-refractivity contribution < 1.29 is 19.4 Å². The Hall–Kier alpha value is -1.97. The fraction of sp³-hybridized carbons (Fsp3) is 0.526. The molecule has 4 heteroatoms. The van der Waals surface area contributed by atoms with Crippen LogP contribution >= 0.6 is 0 Å². The Labute approximate surface area is 138 Å². The van der Waals surface area contributed by atoms with Crippen molar-refractivity contribution >= 4 is 5.97 Å². The molecule has 0 amide bonds. The first-order valence-electron chi connectivity index (χ1n) is 8.14. The molecule has 0 unspecified atom stereocenters. The van der Waals surface area contributed by atoms with E-state index in [1.54, 1.807) is 13.2 Å². The molecule has 3 atom stereocenters. The maximum Gasteiger partial charge on any atom is 0.310 e. The molecule has 4 nitrogen and oxygen atoms in total. The van der Waals surface area contributed by atoms with Gasteiger partial charge in [-0.25, -0.2) is 0 Å². The number of methoxy groups -OCH3 is 1. The fourth-order valence-electron chi connectivity index (χ4n) is 3.81. The third-order valence-corrected chi connectivity index (χ3v) is 5.04. The van der Waals surface area contributed by atoms with Crippen molar-refractivity contribution in [2.24, 2.45) is 17.3 Å². The van der Waals surface area contributed by atoms with Gasteiger partial charge in [0.25, 0.3) is 0 Å². The van der Waals surface area contributed by atoms with E-state index in [1.165, 1.54) is 0 Å². The Morgan fingerprint density at radius 3 is 2.65 bits per heavy atom. The average Bonchev–Trinajstić information content (AvgIpc) is 2.98. The van der Waals surface area contributed by atoms with Crippen molar-refractivity contribution in [2.45, 2.75) is 32.6 Å². The van der Waals surface area contributed by atoms with Gasteiger partial charge in [-0.3, -0.25) is 4.79 Å². The number of ether oxygens (including phenoxy) is 2. The highest BCUT2D eigenvalue weighted by molar-refractivity contribution is 5.75. The van der Waals surface area contributed by atoms with Crippen molar-refractivity contribution in [1.82, 2.24) is 0 Å². The van der Waals surface area contributed by atoms with E-state index >= 15 is 0 Å². The molecule has 2 rings (SSSR count). The van der Waals surface area contributed by atoms with Crippen molar-refractivity contribution in [1.29, 1.82) is 0 Å². The molecule has 23 heavy (non-hydrogen) atoms. The van der Waals surface area contributed by atoms with Crippen LogP contribution in [0.15, 0.2) is 36.9 Å². The molecule has 0 aliphatic heterocycles. The normalized spacial score (nSPS) is 24.9. The molecule has 1 aliphatic carbocycles. The van der Waals surface area contributed by atoms with Gasteiger partial charge in [0.2, 0.25) is 0 Å². The lowest BCUT2D eigenvalue weighted by molar-refractivity contribution is -0.152. The zero-order valence-corrected chi connectivity index (χ0v) is 14.0. The highest BCUT2D eigenvalue weighted by Crippen LogP contribution is 2.50. The van der Waals surface area contributed by atoms with Gasteiger partial charge in [-0.1, -0.05) is 19.4 Å². The monoisotopic (exact) mass is 318 g/mol. The molecule has 0 aromatic heterocycles. The molecule has 1 N–H and O–H groups in total.